The summed E-state index contributed by atoms with van der Waals surface area (Å²) >= 11 is 0. The third kappa shape index (κ3) is 3.47. The van der Waals surface area contributed by atoms with E-state index in [9.17, 15) is 14.7 Å². The maximum absolute atomic E-state index is 12.1. The molecule has 2 aliphatic rings. The van der Waals surface area contributed by atoms with Crippen molar-refractivity contribution in [3.63, 3.8) is 0 Å². The van der Waals surface area contributed by atoms with E-state index < -0.39 is 5.60 Å². The van der Waals surface area contributed by atoms with Crippen molar-refractivity contribution in [3.8, 4) is 0 Å². The molecule has 5 nitrogen and oxygen atoms in total. The summed E-state index contributed by atoms with van der Waals surface area (Å²) in [6.45, 7) is 3.74. The Kier molecular flexibility index (Phi) is 4.45. The minimum Gasteiger partial charge on any atom is -0.386 e. The minimum atomic E-state index is -0.687. The number of carbonyl (C=O) groups excluding carboxylic acids is 2. The number of likely N-dealkylation sites (tertiary alicyclic amines) is 2. The van der Waals surface area contributed by atoms with Gasteiger partial charge in [0, 0.05) is 13.0 Å². The second-order valence-electron chi connectivity index (χ2n) is 5.85. The Labute approximate surface area is 114 Å². The third-order valence-electron chi connectivity index (χ3n) is 4.04. The largest absolute Gasteiger partial charge is 0.386 e. The van der Waals surface area contributed by atoms with E-state index in [4.69, 9.17) is 0 Å². The van der Waals surface area contributed by atoms with Gasteiger partial charge in [-0.05, 0) is 19.3 Å². The monoisotopic (exact) mass is 268 g/mol. The highest BCUT2D eigenvalue weighted by Gasteiger charge is 2.42. The molecule has 2 saturated heterocycles. The molecule has 5 heteroatoms. The Bertz CT molecular complexity index is 351. The molecule has 2 amide bonds. The summed E-state index contributed by atoms with van der Waals surface area (Å²) in [5, 5.41) is 10.1. The number of rotatable bonds is 4. The van der Waals surface area contributed by atoms with Crippen LogP contribution in [0.1, 0.15) is 45.4 Å². The average molecular weight is 268 g/mol. The van der Waals surface area contributed by atoms with Gasteiger partial charge in [0.15, 0.2) is 0 Å². The molecule has 0 aliphatic carbocycles. The predicted octanol–water partition coefficient (Wildman–Crippen LogP) is 0.762. The number of hydrogen-bond acceptors (Lipinski definition) is 3. The number of aliphatic hydroxyl groups is 1. The van der Waals surface area contributed by atoms with Crippen LogP contribution in [-0.4, -0.2) is 58.5 Å². The Balaban J connectivity index is 1.80. The van der Waals surface area contributed by atoms with Crippen LogP contribution >= 0.6 is 0 Å². The van der Waals surface area contributed by atoms with Crippen molar-refractivity contribution in [2.45, 2.75) is 51.0 Å². The van der Waals surface area contributed by atoms with Crippen LogP contribution in [0, 0.1) is 0 Å². The quantitative estimate of drug-likeness (QED) is 0.819. The molecule has 0 saturated carbocycles. The van der Waals surface area contributed by atoms with E-state index in [0.29, 0.717) is 26.1 Å². The predicted molar refractivity (Wildman–Crippen MR) is 71.5 cm³/mol. The van der Waals surface area contributed by atoms with Crippen LogP contribution in [0.2, 0.25) is 0 Å². The molecule has 108 valence electrons. The number of hydrogen-bond donors (Lipinski definition) is 1. The van der Waals surface area contributed by atoms with E-state index in [1.807, 2.05) is 6.92 Å². The van der Waals surface area contributed by atoms with Gasteiger partial charge in [-0.15, -0.1) is 0 Å². The Morgan fingerprint density at radius 3 is 2.74 bits per heavy atom. The van der Waals surface area contributed by atoms with Gasteiger partial charge in [0.25, 0.3) is 0 Å². The van der Waals surface area contributed by atoms with Gasteiger partial charge in [0.05, 0.1) is 25.2 Å². The first kappa shape index (κ1) is 14.3. The van der Waals surface area contributed by atoms with Crippen molar-refractivity contribution in [2.24, 2.45) is 0 Å². The lowest BCUT2D eigenvalue weighted by atomic mass is 9.89. The lowest BCUT2D eigenvalue weighted by molar-refractivity contribution is -0.159. The summed E-state index contributed by atoms with van der Waals surface area (Å²) in [6, 6.07) is 0. The zero-order valence-electron chi connectivity index (χ0n) is 11.7. The van der Waals surface area contributed by atoms with Gasteiger partial charge in [0.2, 0.25) is 11.8 Å². The van der Waals surface area contributed by atoms with E-state index in [2.05, 4.69) is 0 Å². The van der Waals surface area contributed by atoms with Gasteiger partial charge >= 0.3 is 0 Å². The lowest BCUT2D eigenvalue weighted by Gasteiger charge is -2.47. The summed E-state index contributed by atoms with van der Waals surface area (Å²) in [7, 11) is 0. The molecule has 0 radical (unpaired) electrons. The zero-order valence-corrected chi connectivity index (χ0v) is 11.7. The first-order valence-corrected chi connectivity index (χ1v) is 7.32. The Hall–Kier alpha value is -1.10. The van der Waals surface area contributed by atoms with E-state index >= 15 is 0 Å². The topological polar surface area (TPSA) is 60.9 Å². The van der Waals surface area contributed by atoms with Crippen molar-refractivity contribution in [3.05, 3.63) is 0 Å². The van der Waals surface area contributed by atoms with Gasteiger partial charge in [-0.1, -0.05) is 19.8 Å². The van der Waals surface area contributed by atoms with Gasteiger partial charge in [-0.3, -0.25) is 9.59 Å². The van der Waals surface area contributed by atoms with Gasteiger partial charge in [0.1, 0.15) is 0 Å². The van der Waals surface area contributed by atoms with Gasteiger partial charge in [-0.25, -0.2) is 0 Å². The molecule has 0 spiro atoms. The molecule has 0 bridgehead atoms. The second kappa shape index (κ2) is 5.90. The van der Waals surface area contributed by atoms with Crippen LogP contribution in [0.4, 0.5) is 0 Å². The Morgan fingerprint density at radius 2 is 2.05 bits per heavy atom. The summed E-state index contributed by atoms with van der Waals surface area (Å²) in [6.07, 6.45) is 5.20. The standard InChI is InChI=1S/C14H24N2O3/c1-2-7-14(19)10-16(11-14)13(18)9-15-8-5-3-4-6-12(15)17/h19H,2-11H2,1H3. The molecule has 0 aromatic heterocycles. The maximum atomic E-state index is 12.1. The molecule has 2 heterocycles. The van der Waals surface area contributed by atoms with Crippen LogP contribution in [0.3, 0.4) is 0 Å². The fourth-order valence-corrected chi connectivity index (χ4v) is 2.93. The number of amides is 2. The van der Waals surface area contributed by atoms with E-state index in [1.165, 1.54) is 0 Å². The number of carbonyl (C=O) groups is 2. The molecule has 0 unspecified atom stereocenters. The molecule has 2 aliphatic heterocycles. The summed E-state index contributed by atoms with van der Waals surface area (Å²) < 4.78 is 0. The van der Waals surface area contributed by atoms with Gasteiger partial charge in [-0.2, -0.15) is 0 Å². The van der Waals surface area contributed by atoms with Crippen molar-refractivity contribution in [1.29, 1.82) is 0 Å². The number of nitrogens with zero attached hydrogens (tertiary/aromatic N) is 2. The highest BCUT2D eigenvalue weighted by atomic mass is 16.3. The number of β-amino-alcohol motifs (C(OH)–C–C–N with tert-alkyl or cyclic N) is 1. The summed E-state index contributed by atoms with van der Waals surface area (Å²) in [5.74, 6) is 0.0613. The molecule has 19 heavy (non-hydrogen) atoms. The van der Waals surface area contributed by atoms with E-state index in [0.717, 1.165) is 32.1 Å². The van der Waals surface area contributed by atoms with Crippen LogP contribution in [-0.2, 0) is 9.59 Å². The molecule has 0 aromatic carbocycles. The molecular weight excluding hydrogens is 244 g/mol. The molecule has 0 atom stereocenters. The van der Waals surface area contributed by atoms with Crippen LogP contribution in [0.5, 0.6) is 0 Å². The van der Waals surface area contributed by atoms with Crippen LogP contribution in [0.15, 0.2) is 0 Å². The van der Waals surface area contributed by atoms with Crippen LogP contribution < -0.4 is 0 Å². The maximum Gasteiger partial charge on any atom is 0.242 e. The minimum absolute atomic E-state index is 0.0315. The van der Waals surface area contributed by atoms with E-state index in [1.54, 1.807) is 9.80 Å². The molecule has 0 aromatic rings. The highest BCUT2D eigenvalue weighted by molar-refractivity contribution is 5.85. The van der Waals surface area contributed by atoms with Crippen molar-refractivity contribution >= 4 is 11.8 Å². The van der Waals surface area contributed by atoms with Gasteiger partial charge < -0.3 is 14.9 Å². The van der Waals surface area contributed by atoms with Crippen molar-refractivity contribution < 1.29 is 14.7 Å². The molecular formula is C14H24N2O3. The van der Waals surface area contributed by atoms with Crippen molar-refractivity contribution in [2.75, 3.05) is 26.2 Å². The molecule has 1 N–H and O–H groups in total. The average Bonchev–Trinajstić information content (AvgIpc) is 2.52. The SMILES string of the molecule is CCCC1(O)CN(C(=O)CN2CCCCCC2=O)C1. The molecule has 2 rings (SSSR count). The zero-order chi connectivity index (χ0) is 13.9. The van der Waals surface area contributed by atoms with Crippen molar-refractivity contribution in [1.82, 2.24) is 9.80 Å². The lowest BCUT2D eigenvalue weighted by Crippen LogP contribution is -2.64. The van der Waals surface area contributed by atoms with Crippen LogP contribution in [0.25, 0.3) is 0 Å². The third-order valence-corrected chi connectivity index (χ3v) is 4.04. The smallest absolute Gasteiger partial charge is 0.242 e. The normalized spacial score (nSPS) is 22.9. The summed E-state index contributed by atoms with van der Waals surface area (Å²) in [5.41, 5.74) is -0.687. The first-order chi connectivity index (χ1) is 9.04. The molecule has 2 fully saturated rings. The first-order valence-electron chi connectivity index (χ1n) is 7.32. The summed E-state index contributed by atoms with van der Waals surface area (Å²) in [4.78, 5) is 27.2. The fraction of sp³-hybridized carbons (Fsp3) is 0.857. The fourth-order valence-electron chi connectivity index (χ4n) is 2.93. The second-order valence-corrected chi connectivity index (χ2v) is 5.85. The highest BCUT2D eigenvalue weighted by Crippen LogP contribution is 2.26. The van der Waals surface area contributed by atoms with E-state index in [-0.39, 0.29) is 18.4 Å². The Morgan fingerprint density at radius 1 is 1.32 bits per heavy atom.